The minimum atomic E-state index is 0.354. The number of ether oxygens (including phenoxy) is 1. The Kier molecular flexibility index (Phi) is 5.21. The van der Waals surface area contributed by atoms with Gasteiger partial charge in [0, 0.05) is 10.5 Å². The first-order chi connectivity index (χ1) is 9.60. The molecule has 0 saturated heterocycles. The molecule has 0 saturated carbocycles. The van der Waals surface area contributed by atoms with Crippen LogP contribution in [0.5, 0.6) is 5.75 Å². The van der Waals surface area contributed by atoms with Gasteiger partial charge in [-0.05, 0) is 55.8 Å². The van der Waals surface area contributed by atoms with Crippen molar-refractivity contribution in [2.24, 2.45) is 0 Å². The van der Waals surface area contributed by atoms with Crippen LogP contribution in [0.25, 0.3) is 0 Å². The molecule has 0 aliphatic carbocycles. The summed E-state index contributed by atoms with van der Waals surface area (Å²) in [5.41, 5.74) is 3.60. The van der Waals surface area contributed by atoms with Gasteiger partial charge in [0.1, 0.15) is 12.4 Å². The summed E-state index contributed by atoms with van der Waals surface area (Å²) in [5.74, 6) is 0.942. The zero-order valence-corrected chi connectivity index (χ0v) is 13.7. The van der Waals surface area contributed by atoms with Crippen molar-refractivity contribution in [1.29, 1.82) is 0 Å². The number of nitrogens with one attached hydrogen (secondary N) is 1. The van der Waals surface area contributed by atoms with Crippen LogP contribution in [0.1, 0.15) is 29.7 Å². The summed E-state index contributed by atoms with van der Waals surface area (Å²) in [7, 11) is 1.97. The van der Waals surface area contributed by atoms with Crippen LogP contribution in [-0.2, 0) is 6.61 Å². The Hall–Kier alpha value is -1.32. The van der Waals surface area contributed by atoms with Crippen molar-refractivity contribution in [3.05, 3.63) is 63.6 Å². The molecular formula is C17H20BrNO. The van der Waals surface area contributed by atoms with Crippen LogP contribution in [0.3, 0.4) is 0 Å². The highest BCUT2D eigenvalue weighted by Gasteiger charge is 2.06. The van der Waals surface area contributed by atoms with Gasteiger partial charge in [-0.3, -0.25) is 0 Å². The van der Waals surface area contributed by atoms with Crippen molar-refractivity contribution in [3.8, 4) is 5.75 Å². The number of aryl methyl sites for hydroxylation is 1. The van der Waals surface area contributed by atoms with E-state index in [2.05, 4.69) is 65.4 Å². The number of rotatable bonds is 5. The van der Waals surface area contributed by atoms with Gasteiger partial charge in [0.25, 0.3) is 0 Å². The van der Waals surface area contributed by atoms with Crippen LogP contribution in [0.4, 0.5) is 0 Å². The average molecular weight is 334 g/mol. The minimum Gasteiger partial charge on any atom is -0.489 e. The van der Waals surface area contributed by atoms with Gasteiger partial charge in [0.15, 0.2) is 0 Å². The first-order valence-corrected chi connectivity index (χ1v) is 7.54. The van der Waals surface area contributed by atoms with Crippen molar-refractivity contribution in [3.63, 3.8) is 0 Å². The highest BCUT2D eigenvalue weighted by Crippen LogP contribution is 2.23. The smallest absolute Gasteiger partial charge is 0.122 e. The van der Waals surface area contributed by atoms with Gasteiger partial charge in [0.2, 0.25) is 0 Å². The molecule has 0 fully saturated rings. The van der Waals surface area contributed by atoms with Gasteiger partial charge < -0.3 is 10.1 Å². The van der Waals surface area contributed by atoms with E-state index in [0.717, 1.165) is 15.8 Å². The molecule has 2 rings (SSSR count). The van der Waals surface area contributed by atoms with E-state index in [1.807, 2.05) is 19.2 Å². The van der Waals surface area contributed by atoms with Crippen molar-refractivity contribution in [2.75, 3.05) is 7.05 Å². The normalized spacial score (nSPS) is 12.2. The predicted octanol–water partition coefficient (Wildman–Crippen LogP) is 4.62. The number of benzene rings is 2. The minimum absolute atomic E-state index is 0.354. The second-order valence-electron chi connectivity index (χ2n) is 4.95. The van der Waals surface area contributed by atoms with Gasteiger partial charge in [-0.15, -0.1) is 0 Å². The fraction of sp³-hybridized carbons (Fsp3) is 0.294. The average Bonchev–Trinajstić information content (AvgIpc) is 2.45. The number of hydrogen-bond acceptors (Lipinski definition) is 2. The molecule has 3 heteroatoms. The lowest BCUT2D eigenvalue weighted by atomic mass is 10.1. The molecular weight excluding hydrogens is 314 g/mol. The Labute approximate surface area is 129 Å². The van der Waals surface area contributed by atoms with Crippen LogP contribution in [0.15, 0.2) is 46.9 Å². The third kappa shape index (κ3) is 3.84. The van der Waals surface area contributed by atoms with E-state index in [1.165, 1.54) is 11.1 Å². The summed E-state index contributed by atoms with van der Waals surface area (Å²) in [5, 5.41) is 3.25. The second-order valence-corrected chi connectivity index (χ2v) is 5.87. The molecule has 2 aromatic carbocycles. The van der Waals surface area contributed by atoms with Gasteiger partial charge in [-0.2, -0.15) is 0 Å². The zero-order chi connectivity index (χ0) is 14.5. The molecule has 106 valence electrons. The van der Waals surface area contributed by atoms with E-state index in [-0.39, 0.29) is 0 Å². The third-order valence-electron chi connectivity index (χ3n) is 3.42. The standard InChI is InChI=1S/C17H20BrNO/c1-12-9-15(13(2)19-3)7-8-17(12)20-11-14-5-4-6-16(18)10-14/h4-10,13,19H,11H2,1-3H3. The van der Waals surface area contributed by atoms with Crippen molar-refractivity contribution < 1.29 is 4.74 Å². The molecule has 1 unspecified atom stereocenters. The summed E-state index contributed by atoms with van der Waals surface area (Å²) in [4.78, 5) is 0. The molecule has 0 aromatic heterocycles. The molecule has 0 radical (unpaired) electrons. The quantitative estimate of drug-likeness (QED) is 0.862. The molecule has 0 aliphatic heterocycles. The maximum atomic E-state index is 5.90. The van der Waals surface area contributed by atoms with Crippen LogP contribution in [-0.4, -0.2) is 7.05 Å². The fourth-order valence-electron chi connectivity index (χ4n) is 2.06. The van der Waals surface area contributed by atoms with Gasteiger partial charge in [0.05, 0.1) is 0 Å². The van der Waals surface area contributed by atoms with Gasteiger partial charge in [-0.1, -0.05) is 40.2 Å². The second kappa shape index (κ2) is 6.91. The lowest BCUT2D eigenvalue weighted by Gasteiger charge is -2.14. The summed E-state index contributed by atoms with van der Waals surface area (Å²) in [6, 6.07) is 14.9. The summed E-state index contributed by atoms with van der Waals surface area (Å²) in [6.07, 6.45) is 0. The molecule has 0 amide bonds. The maximum absolute atomic E-state index is 5.90. The number of hydrogen-bond donors (Lipinski definition) is 1. The third-order valence-corrected chi connectivity index (χ3v) is 3.91. The van der Waals surface area contributed by atoms with E-state index in [0.29, 0.717) is 12.6 Å². The zero-order valence-electron chi connectivity index (χ0n) is 12.1. The number of halogens is 1. The molecule has 1 atom stereocenters. The van der Waals surface area contributed by atoms with E-state index < -0.39 is 0 Å². The molecule has 0 bridgehead atoms. The highest BCUT2D eigenvalue weighted by atomic mass is 79.9. The van der Waals surface area contributed by atoms with Crippen LogP contribution in [0.2, 0.25) is 0 Å². The van der Waals surface area contributed by atoms with Crippen LogP contribution in [0, 0.1) is 6.92 Å². The van der Waals surface area contributed by atoms with Crippen molar-refractivity contribution in [1.82, 2.24) is 5.32 Å². The Morgan fingerprint density at radius 2 is 2.00 bits per heavy atom. The lowest BCUT2D eigenvalue weighted by Crippen LogP contribution is -2.12. The molecule has 2 aromatic rings. The SMILES string of the molecule is CNC(C)c1ccc(OCc2cccc(Br)c2)c(C)c1. The summed E-state index contributed by atoms with van der Waals surface area (Å²) < 4.78 is 6.98. The van der Waals surface area contributed by atoms with E-state index in [1.54, 1.807) is 0 Å². The molecule has 1 N–H and O–H groups in total. The van der Waals surface area contributed by atoms with Crippen molar-refractivity contribution >= 4 is 15.9 Å². The monoisotopic (exact) mass is 333 g/mol. The first-order valence-electron chi connectivity index (χ1n) is 6.75. The summed E-state index contributed by atoms with van der Waals surface area (Å²) in [6.45, 7) is 4.82. The highest BCUT2D eigenvalue weighted by molar-refractivity contribution is 9.10. The van der Waals surface area contributed by atoms with Crippen molar-refractivity contribution in [2.45, 2.75) is 26.5 Å². The first kappa shape index (κ1) is 15.1. The molecule has 20 heavy (non-hydrogen) atoms. The molecule has 0 aliphatic rings. The Morgan fingerprint density at radius 1 is 1.20 bits per heavy atom. The topological polar surface area (TPSA) is 21.3 Å². The summed E-state index contributed by atoms with van der Waals surface area (Å²) >= 11 is 3.47. The fourth-order valence-corrected chi connectivity index (χ4v) is 2.51. The maximum Gasteiger partial charge on any atom is 0.122 e. The van der Waals surface area contributed by atoms with Crippen LogP contribution >= 0.6 is 15.9 Å². The van der Waals surface area contributed by atoms with E-state index in [9.17, 15) is 0 Å². The Bertz CT molecular complexity index is 583. The molecule has 2 nitrogen and oxygen atoms in total. The molecule has 0 spiro atoms. The lowest BCUT2D eigenvalue weighted by molar-refractivity contribution is 0.304. The van der Waals surface area contributed by atoms with Crippen LogP contribution < -0.4 is 10.1 Å². The van der Waals surface area contributed by atoms with Gasteiger partial charge >= 0.3 is 0 Å². The predicted molar refractivity (Wildman–Crippen MR) is 87.1 cm³/mol. The Morgan fingerprint density at radius 3 is 2.65 bits per heavy atom. The molecule has 0 heterocycles. The van der Waals surface area contributed by atoms with E-state index in [4.69, 9.17) is 4.74 Å². The van der Waals surface area contributed by atoms with E-state index >= 15 is 0 Å². The Balaban J connectivity index is 2.07. The van der Waals surface area contributed by atoms with Gasteiger partial charge in [-0.25, -0.2) is 0 Å². The largest absolute Gasteiger partial charge is 0.489 e.